The predicted molar refractivity (Wildman–Crippen MR) is 105 cm³/mol. The van der Waals surface area contributed by atoms with Crippen molar-refractivity contribution < 1.29 is 18.3 Å². The van der Waals surface area contributed by atoms with Crippen LogP contribution in [-0.2, 0) is 52.5 Å². The molecule has 0 spiro atoms. The molecule has 1 amide bonds. The van der Waals surface area contributed by atoms with Gasteiger partial charge >= 0.3 is 0 Å². The van der Waals surface area contributed by atoms with Gasteiger partial charge in [0, 0.05) is 6.20 Å². The van der Waals surface area contributed by atoms with Crippen LogP contribution in [0.25, 0.3) is 0 Å². The number of aliphatic hydroxyl groups is 1. The molecule has 6 nitrogen and oxygen atoms in total. The molecule has 0 atom stereocenters. The standard InChI is InChI=1S/C20H22N2O4S2/c23-18(22-28(25,26)19-21-11-17(27-19)20(24)7-8-20)10-16-14-5-1-3-12(14)9-13-4-2-6-15(13)16/h9,11,24H,1-8,10H2,(H,22,23). The molecule has 148 valence electrons. The molecule has 1 saturated carbocycles. The number of nitrogens with one attached hydrogen (secondary N) is 1. The van der Waals surface area contributed by atoms with Crippen molar-refractivity contribution in [1.82, 2.24) is 9.71 Å². The Bertz CT molecular complexity index is 1050. The van der Waals surface area contributed by atoms with E-state index in [1.807, 2.05) is 0 Å². The van der Waals surface area contributed by atoms with Crippen molar-refractivity contribution in [3.63, 3.8) is 0 Å². The fourth-order valence-corrected chi connectivity index (χ4v) is 6.78. The maximum absolute atomic E-state index is 12.7. The number of carbonyl (C=O) groups is 1. The van der Waals surface area contributed by atoms with Crippen molar-refractivity contribution in [3.05, 3.63) is 45.0 Å². The minimum Gasteiger partial charge on any atom is -0.384 e. The van der Waals surface area contributed by atoms with E-state index in [4.69, 9.17) is 0 Å². The number of carbonyl (C=O) groups excluding carboxylic acids is 1. The smallest absolute Gasteiger partial charge is 0.291 e. The molecular formula is C20H22N2O4S2. The Morgan fingerprint density at radius 2 is 1.79 bits per heavy atom. The third-order valence-corrected chi connectivity index (χ3v) is 9.04. The fourth-order valence-electron chi connectivity index (χ4n) is 4.50. The summed E-state index contributed by atoms with van der Waals surface area (Å²) in [4.78, 5) is 17.1. The van der Waals surface area contributed by atoms with Crippen LogP contribution < -0.4 is 4.72 Å². The van der Waals surface area contributed by atoms with E-state index in [1.165, 1.54) is 28.5 Å². The molecule has 1 aromatic carbocycles. The Morgan fingerprint density at radius 1 is 1.14 bits per heavy atom. The number of thiazole rings is 1. The van der Waals surface area contributed by atoms with Crippen LogP contribution in [0.2, 0.25) is 0 Å². The predicted octanol–water partition coefficient (Wildman–Crippen LogP) is 2.15. The molecule has 1 fully saturated rings. The van der Waals surface area contributed by atoms with Gasteiger partial charge in [-0.3, -0.25) is 4.79 Å². The van der Waals surface area contributed by atoms with Gasteiger partial charge in [-0.2, -0.15) is 8.42 Å². The van der Waals surface area contributed by atoms with Gasteiger partial charge in [0.2, 0.25) is 10.2 Å². The number of nitrogens with zero attached hydrogens (tertiary/aromatic N) is 1. The second kappa shape index (κ2) is 6.37. The minimum absolute atomic E-state index is 0.0902. The molecule has 28 heavy (non-hydrogen) atoms. The highest BCUT2D eigenvalue weighted by Crippen LogP contribution is 2.47. The number of sulfonamides is 1. The second-order valence-corrected chi connectivity index (χ2v) is 11.0. The second-order valence-electron chi connectivity index (χ2n) is 8.07. The summed E-state index contributed by atoms with van der Waals surface area (Å²) in [6.45, 7) is 0. The minimum atomic E-state index is -4.02. The van der Waals surface area contributed by atoms with E-state index < -0.39 is 21.5 Å². The van der Waals surface area contributed by atoms with Crippen LogP contribution in [0.4, 0.5) is 0 Å². The van der Waals surface area contributed by atoms with E-state index in [0.717, 1.165) is 55.4 Å². The summed E-state index contributed by atoms with van der Waals surface area (Å²) in [6, 6.07) is 2.29. The first-order valence-electron chi connectivity index (χ1n) is 9.75. The number of hydrogen-bond donors (Lipinski definition) is 2. The monoisotopic (exact) mass is 418 g/mol. The van der Waals surface area contributed by atoms with Crippen LogP contribution >= 0.6 is 11.3 Å². The highest BCUT2D eigenvalue weighted by molar-refractivity contribution is 7.92. The van der Waals surface area contributed by atoms with Crippen molar-refractivity contribution in [3.8, 4) is 0 Å². The molecule has 5 rings (SSSR count). The lowest BCUT2D eigenvalue weighted by atomic mass is 9.92. The molecule has 3 aliphatic carbocycles. The van der Waals surface area contributed by atoms with Crippen molar-refractivity contribution in [2.45, 2.75) is 67.7 Å². The number of fused-ring (bicyclic) bond motifs is 2. The number of aromatic nitrogens is 1. The largest absolute Gasteiger partial charge is 0.384 e. The van der Waals surface area contributed by atoms with E-state index >= 15 is 0 Å². The zero-order valence-corrected chi connectivity index (χ0v) is 17.1. The number of aryl methyl sites for hydroxylation is 2. The van der Waals surface area contributed by atoms with Crippen LogP contribution in [0, 0.1) is 0 Å². The lowest BCUT2D eigenvalue weighted by Crippen LogP contribution is -2.32. The Morgan fingerprint density at radius 3 is 2.39 bits per heavy atom. The highest BCUT2D eigenvalue weighted by atomic mass is 32.2. The Hall–Kier alpha value is -1.77. The van der Waals surface area contributed by atoms with Gasteiger partial charge in [0.05, 0.1) is 11.3 Å². The highest BCUT2D eigenvalue weighted by Gasteiger charge is 2.44. The fraction of sp³-hybridized carbons (Fsp3) is 0.500. The quantitative estimate of drug-likeness (QED) is 0.776. The average Bonchev–Trinajstić information content (AvgIpc) is 3.13. The Kier molecular flexibility index (Phi) is 4.16. The number of benzene rings is 1. The maximum Gasteiger partial charge on any atom is 0.291 e. The van der Waals surface area contributed by atoms with E-state index in [0.29, 0.717) is 17.7 Å². The number of amides is 1. The van der Waals surface area contributed by atoms with Gasteiger partial charge in [0.1, 0.15) is 5.60 Å². The van der Waals surface area contributed by atoms with Gasteiger partial charge in [-0.15, -0.1) is 11.3 Å². The van der Waals surface area contributed by atoms with E-state index in [9.17, 15) is 18.3 Å². The lowest BCUT2D eigenvalue weighted by Gasteiger charge is -2.15. The normalized spacial score (nSPS) is 19.3. The summed E-state index contributed by atoms with van der Waals surface area (Å²) in [5.74, 6) is -0.517. The van der Waals surface area contributed by atoms with Crippen LogP contribution in [0.5, 0.6) is 0 Å². The summed E-state index contributed by atoms with van der Waals surface area (Å²) >= 11 is 0.934. The van der Waals surface area contributed by atoms with Gasteiger partial charge in [-0.05, 0) is 79.2 Å². The van der Waals surface area contributed by atoms with Gasteiger partial charge in [-0.25, -0.2) is 9.71 Å². The zero-order valence-electron chi connectivity index (χ0n) is 15.5. The maximum atomic E-state index is 12.7. The summed E-state index contributed by atoms with van der Waals surface area (Å²) in [7, 11) is -4.02. The van der Waals surface area contributed by atoms with Crippen LogP contribution in [0.15, 0.2) is 16.6 Å². The number of hydrogen-bond acceptors (Lipinski definition) is 6. The van der Waals surface area contributed by atoms with Crippen molar-refractivity contribution >= 4 is 27.3 Å². The van der Waals surface area contributed by atoms with Gasteiger partial charge < -0.3 is 5.11 Å². The van der Waals surface area contributed by atoms with Crippen LogP contribution in [-0.4, -0.2) is 24.4 Å². The molecule has 0 saturated heterocycles. The SMILES string of the molecule is O=C(Cc1c2c(cc3c1CCC3)CCC2)NS(=O)(=O)c1ncc(C2(O)CC2)s1. The van der Waals surface area contributed by atoms with E-state index in [2.05, 4.69) is 15.8 Å². The molecule has 3 aliphatic rings. The topological polar surface area (TPSA) is 96.4 Å². The Labute approximate surface area is 168 Å². The van der Waals surface area contributed by atoms with Gasteiger partial charge in [-0.1, -0.05) is 6.07 Å². The van der Waals surface area contributed by atoms with Gasteiger partial charge in [0.15, 0.2) is 0 Å². The molecule has 1 aromatic heterocycles. The number of rotatable bonds is 5. The molecule has 2 aromatic rings. The zero-order chi connectivity index (χ0) is 19.5. The summed E-state index contributed by atoms with van der Waals surface area (Å²) < 4.78 is 27.2. The molecule has 1 heterocycles. The lowest BCUT2D eigenvalue weighted by molar-refractivity contribution is -0.118. The third-order valence-electron chi connectivity index (χ3n) is 6.08. The first-order chi connectivity index (χ1) is 13.4. The summed E-state index contributed by atoms with van der Waals surface area (Å²) in [6.07, 6.45) is 8.92. The third kappa shape index (κ3) is 3.07. The van der Waals surface area contributed by atoms with E-state index in [-0.39, 0.29) is 10.8 Å². The van der Waals surface area contributed by atoms with Crippen molar-refractivity contribution in [1.29, 1.82) is 0 Å². The molecule has 2 N–H and O–H groups in total. The molecule has 0 bridgehead atoms. The van der Waals surface area contributed by atoms with Crippen LogP contribution in [0.3, 0.4) is 0 Å². The molecule has 0 aliphatic heterocycles. The summed E-state index contributed by atoms with van der Waals surface area (Å²) in [5.41, 5.74) is 5.27. The molecule has 0 unspecified atom stereocenters. The molecule has 0 radical (unpaired) electrons. The first kappa shape index (κ1) is 18.3. The molecule has 8 heteroatoms. The first-order valence-corrected chi connectivity index (χ1v) is 12.1. The molecular weight excluding hydrogens is 396 g/mol. The average molecular weight is 419 g/mol. The summed E-state index contributed by atoms with van der Waals surface area (Å²) in [5, 5.41) is 10.1. The van der Waals surface area contributed by atoms with Crippen LogP contribution in [0.1, 0.15) is 58.4 Å². The van der Waals surface area contributed by atoms with E-state index in [1.54, 1.807) is 0 Å². The van der Waals surface area contributed by atoms with Crippen molar-refractivity contribution in [2.75, 3.05) is 0 Å². The van der Waals surface area contributed by atoms with Crippen molar-refractivity contribution in [2.24, 2.45) is 0 Å². The Balaban J connectivity index is 1.38. The van der Waals surface area contributed by atoms with Gasteiger partial charge in [0.25, 0.3) is 10.0 Å².